The van der Waals surface area contributed by atoms with Crippen LogP contribution in [0, 0.1) is 24.6 Å². The summed E-state index contributed by atoms with van der Waals surface area (Å²) in [7, 11) is 0. The Morgan fingerprint density at radius 1 is 1.03 bits per heavy atom. The molecule has 1 atom stereocenters. The lowest BCUT2D eigenvalue weighted by molar-refractivity contribution is -0.138. The Bertz CT molecular complexity index is 918. The largest absolute Gasteiger partial charge is 0.342 e. The van der Waals surface area contributed by atoms with Gasteiger partial charge < -0.3 is 9.80 Å². The molecular formula is C22H28FN5O2. The molecule has 2 fully saturated rings. The third kappa shape index (κ3) is 4.08. The van der Waals surface area contributed by atoms with Crippen LogP contribution in [-0.4, -0.2) is 62.8 Å². The van der Waals surface area contributed by atoms with E-state index >= 15 is 0 Å². The lowest BCUT2D eigenvalue weighted by Crippen LogP contribution is -2.47. The zero-order valence-corrected chi connectivity index (χ0v) is 17.6. The summed E-state index contributed by atoms with van der Waals surface area (Å²) in [4.78, 5) is 29.6. The third-order valence-electron chi connectivity index (χ3n) is 6.27. The standard InChI is InChI=1S/C22H28FN5O2/c1-15-4-3-11-27(14-15)21(29)17-9-12-26(13-10-17)22(30)20-16(2)28(25-24-20)19-7-5-18(23)6-8-19/h5-8,15,17H,3-4,9-14H2,1-2H3. The number of aromatic nitrogens is 3. The average Bonchev–Trinajstić information content (AvgIpc) is 3.14. The second-order valence-corrected chi connectivity index (χ2v) is 8.51. The van der Waals surface area contributed by atoms with Crippen molar-refractivity contribution in [2.24, 2.45) is 11.8 Å². The molecule has 0 radical (unpaired) electrons. The van der Waals surface area contributed by atoms with Gasteiger partial charge >= 0.3 is 0 Å². The van der Waals surface area contributed by atoms with Crippen LogP contribution in [0.4, 0.5) is 4.39 Å². The number of piperidine rings is 2. The summed E-state index contributed by atoms with van der Waals surface area (Å²) in [5.41, 5.74) is 1.57. The number of rotatable bonds is 3. The number of hydrogen-bond donors (Lipinski definition) is 0. The number of nitrogens with zero attached hydrogens (tertiary/aromatic N) is 5. The minimum absolute atomic E-state index is 0.00431. The molecule has 0 spiro atoms. The Kier molecular flexibility index (Phi) is 5.83. The maximum atomic E-state index is 13.2. The molecule has 2 aliphatic rings. The second-order valence-electron chi connectivity index (χ2n) is 8.51. The average molecular weight is 413 g/mol. The van der Waals surface area contributed by atoms with Gasteiger partial charge in [-0.1, -0.05) is 12.1 Å². The van der Waals surface area contributed by atoms with Gasteiger partial charge in [-0.3, -0.25) is 9.59 Å². The van der Waals surface area contributed by atoms with E-state index in [0.29, 0.717) is 48.9 Å². The highest BCUT2D eigenvalue weighted by molar-refractivity contribution is 5.93. The van der Waals surface area contributed by atoms with Crippen molar-refractivity contribution in [1.82, 2.24) is 24.8 Å². The summed E-state index contributed by atoms with van der Waals surface area (Å²) in [6, 6.07) is 5.90. The quantitative estimate of drug-likeness (QED) is 0.776. The van der Waals surface area contributed by atoms with E-state index < -0.39 is 0 Å². The fourth-order valence-electron chi connectivity index (χ4n) is 4.48. The van der Waals surface area contributed by atoms with Gasteiger partial charge in [-0.15, -0.1) is 5.10 Å². The van der Waals surface area contributed by atoms with Crippen molar-refractivity contribution < 1.29 is 14.0 Å². The number of benzene rings is 1. The molecule has 2 aliphatic heterocycles. The Morgan fingerprint density at radius 2 is 1.73 bits per heavy atom. The van der Waals surface area contributed by atoms with Crippen LogP contribution in [0.1, 0.15) is 48.8 Å². The van der Waals surface area contributed by atoms with Crippen molar-refractivity contribution in [1.29, 1.82) is 0 Å². The summed E-state index contributed by atoms with van der Waals surface area (Å²) >= 11 is 0. The van der Waals surface area contributed by atoms with Crippen LogP contribution in [0.3, 0.4) is 0 Å². The fraction of sp³-hybridized carbons (Fsp3) is 0.545. The monoisotopic (exact) mass is 413 g/mol. The van der Waals surface area contributed by atoms with Gasteiger partial charge in [0.1, 0.15) is 5.82 Å². The van der Waals surface area contributed by atoms with Crippen molar-refractivity contribution in [3.8, 4) is 5.69 Å². The van der Waals surface area contributed by atoms with Gasteiger partial charge in [0.15, 0.2) is 5.69 Å². The molecule has 0 bridgehead atoms. The predicted molar refractivity (Wildman–Crippen MR) is 110 cm³/mol. The van der Waals surface area contributed by atoms with Crippen molar-refractivity contribution in [2.75, 3.05) is 26.2 Å². The van der Waals surface area contributed by atoms with E-state index in [1.165, 1.54) is 18.6 Å². The van der Waals surface area contributed by atoms with Gasteiger partial charge in [0.2, 0.25) is 5.91 Å². The first-order chi connectivity index (χ1) is 14.4. The Balaban J connectivity index is 1.39. The first kappa shape index (κ1) is 20.5. The van der Waals surface area contributed by atoms with Gasteiger partial charge in [-0.2, -0.15) is 0 Å². The first-order valence-corrected chi connectivity index (χ1v) is 10.7. The van der Waals surface area contributed by atoms with Crippen LogP contribution < -0.4 is 0 Å². The molecular weight excluding hydrogens is 385 g/mol. The number of halogens is 1. The molecule has 160 valence electrons. The van der Waals surface area contributed by atoms with Crippen molar-refractivity contribution in [2.45, 2.75) is 39.5 Å². The van der Waals surface area contributed by atoms with Crippen LogP contribution in [0.2, 0.25) is 0 Å². The third-order valence-corrected chi connectivity index (χ3v) is 6.27. The molecule has 8 heteroatoms. The Morgan fingerprint density at radius 3 is 2.40 bits per heavy atom. The first-order valence-electron chi connectivity index (χ1n) is 10.7. The van der Waals surface area contributed by atoms with Gasteiger partial charge in [0.25, 0.3) is 5.91 Å². The highest BCUT2D eigenvalue weighted by Crippen LogP contribution is 2.25. The molecule has 1 aromatic heterocycles. The van der Waals surface area contributed by atoms with Crippen molar-refractivity contribution in [3.63, 3.8) is 0 Å². The Hall–Kier alpha value is -2.77. The molecule has 4 rings (SSSR count). The van der Waals surface area contributed by atoms with Crippen LogP contribution in [0.5, 0.6) is 0 Å². The van der Waals surface area contributed by atoms with E-state index in [-0.39, 0.29) is 23.5 Å². The van der Waals surface area contributed by atoms with Gasteiger partial charge in [-0.05, 0) is 62.8 Å². The second kappa shape index (κ2) is 8.53. The minimum Gasteiger partial charge on any atom is -0.342 e. The van der Waals surface area contributed by atoms with E-state index in [1.807, 2.05) is 4.90 Å². The summed E-state index contributed by atoms with van der Waals surface area (Å²) in [5, 5.41) is 8.16. The Labute approximate surface area is 175 Å². The number of likely N-dealkylation sites (tertiary alicyclic amines) is 2. The van der Waals surface area contributed by atoms with E-state index in [1.54, 1.807) is 28.6 Å². The van der Waals surface area contributed by atoms with Crippen LogP contribution in [-0.2, 0) is 4.79 Å². The van der Waals surface area contributed by atoms with Crippen LogP contribution in [0.15, 0.2) is 24.3 Å². The zero-order chi connectivity index (χ0) is 21.3. The molecule has 0 N–H and O–H groups in total. The summed E-state index contributed by atoms with van der Waals surface area (Å²) in [6.45, 7) is 6.77. The molecule has 0 aliphatic carbocycles. The molecule has 1 aromatic carbocycles. The SMILES string of the molecule is Cc1c(C(=O)N2CCC(C(=O)N3CCCC(C)C3)CC2)nnn1-c1ccc(F)cc1. The number of hydrogen-bond acceptors (Lipinski definition) is 4. The van der Waals surface area contributed by atoms with E-state index in [2.05, 4.69) is 17.2 Å². The van der Waals surface area contributed by atoms with Gasteiger partial charge in [-0.25, -0.2) is 9.07 Å². The summed E-state index contributed by atoms with van der Waals surface area (Å²) in [5.74, 6) is 0.307. The maximum absolute atomic E-state index is 13.2. The normalized spacial score (nSPS) is 20.4. The predicted octanol–water partition coefficient (Wildman–Crippen LogP) is 2.83. The molecule has 2 amide bonds. The molecule has 2 saturated heterocycles. The van der Waals surface area contributed by atoms with Gasteiger partial charge in [0.05, 0.1) is 11.4 Å². The highest BCUT2D eigenvalue weighted by atomic mass is 19.1. The van der Waals surface area contributed by atoms with E-state index in [9.17, 15) is 14.0 Å². The molecule has 2 aromatic rings. The maximum Gasteiger partial charge on any atom is 0.276 e. The number of carbonyl (C=O) groups is 2. The molecule has 1 unspecified atom stereocenters. The van der Waals surface area contributed by atoms with E-state index in [4.69, 9.17) is 0 Å². The highest BCUT2D eigenvalue weighted by Gasteiger charge is 2.33. The van der Waals surface area contributed by atoms with Crippen molar-refractivity contribution >= 4 is 11.8 Å². The van der Waals surface area contributed by atoms with Gasteiger partial charge in [0, 0.05) is 32.1 Å². The molecule has 30 heavy (non-hydrogen) atoms. The molecule has 3 heterocycles. The lowest BCUT2D eigenvalue weighted by Gasteiger charge is -2.37. The molecule has 0 saturated carbocycles. The number of carbonyl (C=O) groups excluding carboxylic acids is 2. The molecule has 7 nitrogen and oxygen atoms in total. The lowest BCUT2D eigenvalue weighted by atomic mass is 9.92. The zero-order valence-electron chi connectivity index (χ0n) is 17.6. The van der Waals surface area contributed by atoms with E-state index in [0.717, 1.165) is 19.5 Å². The summed E-state index contributed by atoms with van der Waals surface area (Å²) in [6.07, 6.45) is 3.63. The summed E-state index contributed by atoms with van der Waals surface area (Å²) < 4.78 is 14.7. The topological polar surface area (TPSA) is 71.3 Å². The minimum atomic E-state index is -0.329. The fourth-order valence-corrected chi connectivity index (χ4v) is 4.48. The van der Waals surface area contributed by atoms with Crippen molar-refractivity contribution in [3.05, 3.63) is 41.5 Å². The number of amides is 2. The van der Waals surface area contributed by atoms with Crippen LogP contribution >= 0.6 is 0 Å². The van der Waals surface area contributed by atoms with Crippen LogP contribution in [0.25, 0.3) is 5.69 Å². The smallest absolute Gasteiger partial charge is 0.276 e.